The number of aromatic nitrogens is 2. The highest BCUT2D eigenvalue weighted by atomic mass is 32.2. The average molecular weight is 347 g/mol. The van der Waals surface area contributed by atoms with Gasteiger partial charge in [0.2, 0.25) is 5.91 Å². The SMILES string of the molecule is COCCn1c(SC(C)C(=O)NCc2ccccc2)nc(C)c1C. The molecule has 1 unspecified atom stereocenters. The number of benzene rings is 1. The van der Waals surface area contributed by atoms with E-state index in [0.717, 1.165) is 28.7 Å². The first-order valence-electron chi connectivity index (χ1n) is 8.04. The van der Waals surface area contributed by atoms with Crippen molar-refractivity contribution in [2.45, 2.75) is 44.3 Å². The molecule has 1 amide bonds. The topological polar surface area (TPSA) is 56.1 Å². The first kappa shape index (κ1) is 18.5. The number of methoxy groups -OCH3 is 1. The van der Waals surface area contributed by atoms with Crippen LogP contribution in [0, 0.1) is 13.8 Å². The van der Waals surface area contributed by atoms with Crippen LogP contribution in [0.3, 0.4) is 0 Å². The van der Waals surface area contributed by atoms with Gasteiger partial charge in [0.1, 0.15) is 0 Å². The van der Waals surface area contributed by atoms with Crippen LogP contribution < -0.4 is 5.32 Å². The number of hydrogen-bond acceptors (Lipinski definition) is 4. The number of ether oxygens (including phenoxy) is 1. The molecule has 1 aromatic heterocycles. The molecule has 0 spiro atoms. The number of nitrogens with one attached hydrogen (secondary N) is 1. The van der Waals surface area contributed by atoms with Gasteiger partial charge in [0.25, 0.3) is 0 Å². The molecule has 1 N–H and O–H groups in total. The standard InChI is InChI=1S/C18H25N3O2S/c1-13-14(2)21(10-11-23-4)18(20-13)24-15(3)17(22)19-12-16-8-6-5-7-9-16/h5-9,15H,10-12H2,1-4H3,(H,19,22). The van der Waals surface area contributed by atoms with Crippen molar-refractivity contribution in [3.8, 4) is 0 Å². The smallest absolute Gasteiger partial charge is 0.233 e. The fourth-order valence-electron chi connectivity index (χ4n) is 2.30. The molecule has 0 aliphatic rings. The number of thioether (sulfide) groups is 1. The van der Waals surface area contributed by atoms with Crippen molar-refractivity contribution in [1.82, 2.24) is 14.9 Å². The lowest BCUT2D eigenvalue weighted by atomic mass is 10.2. The quantitative estimate of drug-likeness (QED) is 0.746. The predicted molar refractivity (Wildman–Crippen MR) is 97.2 cm³/mol. The van der Waals surface area contributed by atoms with E-state index in [1.54, 1.807) is 7.11 Å². The molecule has 0 radical (unpaired) electrons. The molecule has 2 rings (SSSR count). The Hall–Kier alpha value is -1.79. The van der Waals surface area contributed by atoms with Gasteiger partial charge < -0.3 is 14.6 Å². The molecule has 1 aromatic carbocycles. The number of imidazole rings is 1. The molecule has 0 saturated carbocycles. The summed E-state index contributed by atoms with van der Waals surface area (Å²) in [5.41, 5.74) is 3.20. The van der Waals surface area contributed by atoms with Gasteiger partial charge in [-0.3, -0.25) is 4.79 Å². The van der Waals surface area contributed by atoms with Gasteiger partial charge in [0.05, 0.1) is 17.6 Å². The van der Waals surface area contributed by atoms with Gasteiger partial charge >= 0.3 is 0 Å². The van der Waals surface area contributed by atoms with Gasteiger partial charge in [-0.1, -0.05) is 42.1 Å². The summed E-state index contributed by atoms with van der Waals surface area (Å²) < 4.78 is 7.28. The maximum absolute atomic E-state index is 12.3. The van der Waals surface area contributed by atoms with Crippen molar-refractivity contribution in [2.75, 3.05) is 13.7 Å². The molecule has 0 fully saturated rings. The van der Waals surface area contributed by atoms with E-state index in [9.17, 15) is 4.79 Å². The zero-order valence-corrected chi connectivity index (χ0v) is 15.5. The van der Waals surface area contributed by atoms with Crippen molar-refractivity contribution in [2.24, 2.45) is 0 Å². The van der Waals surface area contributed by atoms with Crippen LogP contribution >= 0.6 is 11.8 Å². The molecule has 6 heteroatoms. The van der Waals surface area contributed by atoms with Crippen LogP contribution in [0.15, 0.2) is 35.5 Å². The minimum Gasteiger partial charge on any atom is -0.383 e. The van der Waals surface area contributed by atoms with Crippen LogP contribution in [0.5, 0.6) is 0 Å². The number of hydrogen-bond donors (Lipinski definition) is 1. The Bertz CT molecular complexity index is 670. The molecule has 1 heterocycles. The molecule has 24 heavy (non-hydrogen) atoms. The van der Waals surface area contributed by atoms with Crippen LogP contribution in [0.4, 0.5) is 0 Å². The lowest BCUT2D eigenvalue weighted by Gasteiger charge is -2.14. The highest BCUT2D eigenvalue weighted by Gasteiger charge is 2.19. The van der Waals surface area contributed by atoms with Gasteiger partial charge in [0, 0.05) is 25.9 Å². The Kier molecular flexibility index (Phi) is 6.87. The van der Waals surface area contributed by atoms with Crippen molar-refractivity contribution in [3.63, 3.8) is 0 Å². The van der Waals surface area contributed by atoms with Crippen LogP contribution in [-0.2, 0) is 22.6 Å². The van der Waals surface area contributed by atoms with Crippen molar-refractivity contribution >= 4 is 17.7 Å². The maximum atomic E-state index is 12.3. The monoisotopic (exact) mass is 347 g/mol. The minimum atomic E-state index is -0.212. The Labute approximate surface area is 147 Å². The summed E-state index contributed by atoms with van der Waals surface area (Å²) in [6.45, 7) is 7.85. The van der Waals surface area contributed by atoms with E-state index in [-0.39, 0.29) is 11.2 Å². The Morgan fingerprint density at radius 1 is 1.33 bits per heavy atom. The number of rotatable bonds is 8. The molecular formula is C18H25N3O2S. The molecule has 2 aromatic rings. The summed E-state index contributed by atoms with van der Waals surface area (Å²) in [6.07, 6.45) is 0. The first-order chi connectivity index (χ1) is 11.5. The third-order valence-electron chi connectivity index (χ3n) is 3.90. The van der Waals surface area contributed by atoms with E-state index in [4.69, 9.17) is 4.74 Å². The summed E-state index contributed by atoms with van der Waals surface area (Å²) in [4.78, 5) is 16.9. The Morgan fingerprint density at radius 2 is 2.04 bits per heavy atom. The highest BCUT2D eigenvalue weighted by molar-refractivity contribution is 8.00. The number of amides is 1. The van der Waals surface area contributed by atoms with Gasteiger partial charge in [-0.05, 0) is 26.3 Å². The van der Waals surface area contributed by atoms with Crippen LogP contribution in [0.2, 0.25) is 0 Å². The summed E-state index contributed by atoms with van der Waals surface area (Å²) in [5, 5.41) is 3.63. The lowest BCUT2D eigenvalue weighted by Crippen LogP contribution is -2.30. The highest BCUT2D eigenvalue weighted by Crippen LogP contribution is 2.25. The predicted octanol–water partition coefficient (Wildman–Crippen LogP) is 2.94. The van der Waals surface area contributed by atoms with E-state index in [0.29, 0.717) is 13.2 Å². The normalized spacial score (nSPS) is 12.2. The molecule has 0 bridgehead atoms. The Balaban J connectivity index is 1.97. The molecule has 1 atom stereocenters. The molecule has 0 aliphatic heterocycles. The minimum absolute atomic E-state index is 0.0143. The molecule has 0 saturated heterocycles. The zero-order chi connectivity index (χ0) is 17.5. The summed E-state index contributed by atoms with van der Waals surface area (Å²) in [7, 11) is 1.69. The number of carbonyl (C=O) groups is 1. The van der Waals surface area contributed by atoms with E-state index >= 15 is 0 Å². The van der Waals surface area contributed by atoms with Gasteiger partial charge in [-0.15, -0.1) is 0 Å². The second-order valence-corrected chi connectivity index (χ2v) is 6.98. The van der Waals surface area contributed by atoms with Gasteiger partial charge in [-0.25, -0.2) is 4.98 Å². The third kappa shape index (κ3) is 4.85. The first-order valence-corrected chi connectivity index (χ1v) is 8.91. The maximum Gasteiger partial charge on any atom is 0.233 e. The number of carbonyl (C=O) groups excluding carboxylic acids is 1. The summed E-state index contributed by atoms with van der Waals surface area (Å²) in [6, 6.07) is 9.91. The summed E-state index contributed by atoms with van der Waals surface area (Å²) in [5.74, 6) is 0.0143. The average Bonchev–Trinajstić information content (AvgIpc) is 2.85. The fraction of sp³-hybridized carbons (Fsp3) is 0.444. The van der Waals surface area contributed by atoms with Crippen LogP contribution in [0.1, 0.15) is 23.9 Å². The number of nitrogens with zero attached hydrogens (tertiary/aromatic N) is 2. The molecular weight excluding hydrogens is 322 g/mol. The summed E-state index contributed by atoms with van der Waals surface area (Å²) >= 11 is 1.48. The van der Waals surface area contributed by atoms with Crippen molar-refractivity contribution in [3.05, 3.63) is 47.3 Å². The molecule has 0 aliphatic carbocycles. The Morgan fingerprint density at radius 3 is 2.71 bits per heavy atom. The fourth-order valence-corrected chi connectivity index (χ4v) is 3.35. The van der Waals surface area contributed by atoms with E-state index in [1.165, 1.54) is 11.8 Å². The second kappa shape index (κ2) is 8.89. The third-order valence-corrected chi connectivity index (χ3v) is 4.99. The van der Waals surface area contributed by atoms with E-state index in [2.05, 4.69) is 14.9 Å². The van der Waals surface area contributed by atoms with Crippen molar-refractivity contribution in [1.29, 1.82) is 0 Å². The second-order valence-electron chi connectivity index (χ2n) is 5.67. The lowest BCUT2D eigenvalue weighted by molar-refractivity contribution is -0.120. The van der Waals surface area contributed by atoms with E-state index < -0.39 is 0 Å². The van der Waals surface area contributed by atoms with E-state index in [1.807, 2.05) is 51.1 Å². The van der Waals surface area contributed by atoms with Crippen LogP contribution in [0.25, 0.3) is 0 Å². The van der Waals surface area contributed by atoms with Gasteiger partial charge in [0.15, 0.2) is 5.16 Å². The number of aryl methyl sites for hydroxylation is 1. The van der Waals surface area contributed by atoms with Crippen molar-refractivity contribution < 1.29 is 9.53 Å². The van der Waals surface area contributed by atoms with Gasteiger partial charge in [-0.2, -0.15) is 0 Å². The molecule has 130 valence electrons. The molecule has 5 nitrogen and oxygen atoms in total. The largest absolute Gasteiger partial charge is 0.383 e. The van der Waals surface area contributed by atoms with Crippen LogP contribution in [-0.4, -0.2) is 34.4 Å². The zero-order valence-electron chi connectivity index (χ0n) is 14.7.